The van der Waals surface area contributed by atoms with Crippen LogP contribution in [0.15, 0.2) is 18.2 Å². The van der Waals surface area contributed by atoms with Gasteiger partial charge in [0.15, 0.2) is 0 Å². The minimum atomic E-state index is -0.351. The van der Waals surface area contributed by atoms with Gasteiger partial charge in [-0.15, -0.1) is 0 Å². The molecule has 0 atom stereocenters. The van der Waals surface area contributed by atoms with Gasteiger partial charge in [0.2, 0.25) is 0 Å². The van der Waals surface area contributed by atoms with Gasteiger partial charge in [0, 0.05) is 18.7 Å². The Kier molecular flexibility index (Phi) is 5.12. The lowest BCUT2D eigenvalue weighted by Crippen LogP contribution is -2.27. The molecule has 4 heteroatoms. The van der Waals surface area contributed by atoms with Crippen LogP contribution in [0.3, 0.4) is 0 Å². The third kappa shape index (κ3) is 3.79. The molecular weight excluding hydrogens is 253 g/mol. The smallest absolute Gasteiger partial charge is 0.138 e. The molecule has 0 spiro atoms. The molecule has 3 N–H and O–H groups in total. The maximum Gasteiger partial charge on any atom is 0.138 e. The summed E-state index contributed by atoms with van der Waals surface area (Å²) in [6, 6.07) is 5.10. The highest BCUT2D eigenvalue weighted by Crippen LogP contribution is 2.24. The molecule has 0 bridgehead atoms. The molecule has 1 fully saturated rings. The average molecular weight is 277 g/mol. The second-order valence-electron chi connectivity index (χ2n) is 5.89. The summed E-state index contributed by atoms with van der Waals surface area (Å²) in [5, 5.41) is 7.38. The number of nitrogens with zero attached hydrogens (tertiary/aromatic N) is 1. The van der Waals surface area contributed by atoms with Crippen LogP contribution in [-0.2, 0) is 6.54 Å². The molecule has 0 radical (unpaired) electrons. The van der Waals surface area contributed by atoms with Crippen molar-refractivity contribution in [1.82, 2.24) is 4.90 Å². The van der Waals surface area contributed by atoms with Gasteiger partial charge in [-0.05, 0) is 31.9 Å². The Bertz CT molecular complexity index is 467. The van der Waals surface area contributed by atoms with E-state index in [-0.39, 0.29) is 17.2 Å². The Balaban J connectivity index is 1.98. The van der Waals surface area contributed by atoms with Crippen LogP contribution in [0.1, 0.15) is 43.2 Å². The summed E-state index contributed by atoms with van der Waals surface area (Å²) in [7, 11) is 2.04. The highest BCUT2D eigenvalue weighted by Gasteiger charge is 2.17. The van der Waals surface area contributed by atoms with Crippen molar-refractivity contribution in [2.24, 2.45) is 11.7 Å². The zero-order valence-corrected chi connectivity index (χ0v) is 12.2. The van der Waals surface area contributed by atoms with Crippen LogP contribution in [0.25, 0.3) is 0 Å². The van der Waals surface area contributed by atoms with Gasteiger partial charge in [0.25, 0.3) is 0 Å². The molecule has 1 aliphatic rings. The molecule has 0 amide bonds. The van der Waals surface area contributed by atoms with E-state index in [1.165, 1.54) is 32.1 Å². The fraction of sp³-hybridized carbons (Fsp3) is 0.562. The Labute approximate surface area is 120 Å². The van der Waals surface area contributed by atoms with Crippen molar-refractivity contribution < 1.29 is 4.39 Å². The van der Waals surface area contributed by atoms with E-state index in [2.05, 4.69) is 4.90 Å². The van der Waals surface area contributed by atoms with Crippen molar-refractivity contribution in [3.05, 3.63) is 35.1 Å². The molecule has 1 aliphatic carbocycles. The first-order valence-corrected chi connectivity index (χ1v) is 7.38. The predicted molar refractivity (Wildman–Crippen MR) is 80.3 cm³/mol. The fourth-order valence-electron chi connectivity index (χ4n) is 3.08. The first-order valence-electron chi connectivity index (χ1n) is 7.38. The number of nitrogens with one attached hydrogen (secondary N) is 1. The summed E-state index contributed by atoms with van der Waals surface area (Å²) >= 11 is 0. The average Bonchev–Trinajstić information content (AvgIpc) is 2.42. The second kappa shape index (κ2) is 6.84. The third-order valence-electron chi connectivity index (χ3n) is 4.10. The summed E-state index contributed by atoms with van der Waals surface area (Å²) in [4.78, 5) is 2.18. The van der Waals surface area contributed by atoms with E-state index in [4.69, 9.17) is 11.1 Å². The van der Waals surface area contributed by atoms with Crippen molar-refractivity contribution >= 4 is 5.84 Å². The summed E-state index contributed by atoms with van der Waals surface area (Å²) in [6.45, 7) is 1.59. The normalized spacial score (nSPS) is 16.6. The number of amidine groups is 1. The third-order valence-corrected chi connectivity index (χ3v) is 4.10. The van der Waals surface area contributed by atoms with Crippen LogP contribution in [0.2, 0.25) is 0 Å². The molecule has 0 saturated heterocycles. The van der Waals surface area contributed by atoms with Crippen LogP contribution < -0.4 is 5.73 Å². The number of hydrogen-bond acceptors (Lipinski definition) is 2. The lowest BCUT2D eigenvalue weighted by atomic mass is 9.89. The molecule has 3 nitrogen and oxygen atoms in total. The molecule has 2 rings (SSSR count). The first kappa shape index (κ1) is 15.0. The van der Waals surface area contributed by atoms with Gasteiger partial charge in [-0.1, -0.05) is 31.4 Å². The van der Waals surface area contributed by atoms with Crippen molar-refractivity contribution in [1.29, 1.82) is 5.41 Å². The van der Waals surface area contributed by atoms with Gasteiger partial charge >= 0.3 is 0 Å². The van der Waals surface area contributed by atoms with E-state index in [0.717, 1.165) is 12.5 Å². The SMILES string of the molecule is CN(Cc1cccc(C(=N)N)c1F)CC1CCCCC1. The van der Waals surface area contributed by atoms with E-state index in [0.29, 0.717) is 12.1 Å². The largest absolute Gasteiger partial charge is 0.384 e. The number of halogens is 1. The topological polar surface area (TPSA) is 53.1 Å². The van der Waals surface area contributed by atoms with Crippen molar-refractivity contribution in [2.45, 2.75) is 38.6 Å². The maximum atomic E-state index is 14.2. The van der Waals surface area contributed by atoms with Crippen molar-refractivity contribution in [2.75, 3.05) is 13.6 Å². The van der Waals surface area contributed by atoms with E-state index in [9.17, 15) is 4.39 Å². The van der Waals surface area contributed by atoms with Gasteiger partial charge in [-0.2, -0.15) is 0 Å². The lowest BCUT2D eigenvalue weighted by Gasteiger charge is -2.27. The van der Waals surface area contributed by atoms with E-state index < -0.39 is 0 Å². The Hall–Kier alpha value is -1.42. The van der Waals surface area contributed by atoms with Crippen molar-refractivity contribution in [3.63, 3.8) is 0 Å². The lowest BCUT2D eigenvalue weighted by molar-refractivity contribution is 0.226. The van der Waals surface area contributed by atoms with Gasteiger partial charge < -0.3 is 10.6 Å². The fourth-order valence-corrected chi connectivity index (χ4v) is 3.08. The number of hydrogen-bond donors (Lipinski definition) is 2. The molecule has 0 aromatic heterocycles. The quantitative estimate of drug-likeness (QED) is 0.642. The standard InChI is InChI=1S/C16H24FN3/c1-20(10-12-6-3-2-4-7-12)11-13-8-5-9-14(15(13)17)16(18)19/h5,8-9,12H,2-4,6-7,10-11H2,1H3,(H3,18,19). The number of nitrogen functional groups attached to an aromatic ring is 1. The maximum absolute atomic E-state index is 14.2. The van der Waals surface area contributed by atoms with E-state index in [1.807, 2.05) is 7.05 Å². The Morgan fingerprint density at radius 1 is 1.35 bits per heavy atom. The second-order valence-corrected chi connectivity index (χ2v) is 5.89. The summed E-state index contributed by atoms with van der Waals surface area (Å²) < 4.78 is 14.2. The highest BCUT2D eigenvalue weighted by atomic mass is 19.1. The van der Waals surface area contributed by atoms with Gasteiger partial charge in [-0.3, -0.25) is 5.41 Å². The van der Waals surface area contributed by atoms with Gasteiger partial charge in [0.1, 0.15) is 11.7 Å². The number of nitrogens with two attached hydrogens (primary N) is 1. The molecule has 0 aliphatic heterocycles. The van der Waals surface area contributed by atoms with Crippen LogP contribution in [0.4, 0.5) is 4.39 Å². The number of rotatable bonds is 5. The monoisotopic (exact) mass is 277 g/mol. The van der Waals surface area contributed by atoms with Gasteiger partial charge in [0.05, 0.1) is 5.56 Å². The summed E-state index contributed by atoms with van der Waals surface area (Å²) in [6.07, 6.45) is 6.59. The Morgan fingerprint density at radius 3 is 2.70 bits per heavy atom. The highest BCUT2D eigenvalue weighted by molar-refractivity contribution is 5.95. The van der Waals surface area contributed by atoms with Crippen LogP contribution >= 0.6 is 0 Å². The number of benzene rings is 1. The first-order chi connectivity index (χ1) is 9.58. The minimum absolute atomic E-state index is 0.202. The molecule has 0 unspecified atom stereocenters. The van der Waals surface area contributed by atoms with E-state index >= 15 is 0 Å². The zero-order chi connectivity index (χ0) is 14.5. The molecule has 1 aromatic rings. The van der Waals surface area contributed by atoms with Crippen LogP contribution in [0.5, 0.6) is 0 Å². The molecule has 1 aromatic carbocycles. The summed E-state index contributed by atoms with van der Waals surface area (Å²) in [5.41, 5.74) is 6.22. The Morgan fingerprint density at radius 2 is 2.05 bits per heavy atom. The summed E-state index contributed by atoms with van der Waals surface area (Å²) in [5.74, 6) is 0.183. The van der Waals surface area contributed by atoms with E-state index in [1.54, 1.807) is 18.2 Å². The zero-order valence-electron chi connectivity index (χ0n) is 12.2. The minimum Gasteiger partial charge on any atom is -0.384 e. The van der Waals surface area contributed by atoms with Crippen molar-refractivity contribution in [3.8, 4) is 0 Å². The molecule has 20 heavy (non-hydrogen) atoms. The van der Waals surface area contributed by atoms with Gasteiger partial charge in [-0.25, -0.2) is 4.39 Å². The molecule has 0 heterocycles. The molecule has 1 saturated carbocycles. The molecule has 110 valence electrons. The molecular formula is C16H24FN3. The van der Waals surface area contributed by atoms with Crippen LogP contribution in [0, 0.1) is 17.1 Å². The predicted octanol–water partition coefficient (Wildman–Crippen LogP) is 3.12. The van der Waals surface area contributed by atoms with Crippen LogP contribution in [-0.4, -0.2) is 24.3 Å².